The van der Waals surface area contributed by atoms with Crippen LogP contribution in [-0.2, 0) is 20.0 Å². The maximum absolute atomic E-state index is 12.3. The molecule has 1 aliphatic heterocycles. The fraction of sp³-hybridized carbons (Fsp3) is 0.286. The molecule has 18 heavy (non-hydrogen) atoms. The van der Waals surface area contributed by atoms with Gasteiger partial charge in [-0.25, -0.2) is 4.98 Å². The van der Waals surface area contributed by atoms with Crippen LogP contribution >= 0.6 is 0 Å². The van der Waals surface area contributed by atoms with Crippen LogP contribution in [0.2, 0.25) is 0 Å². The van der Waals surface area contributed by atoms with Crippen molar-refractivity contribution < 1.29 is 4.79 Å². The highest BCUT2D eigenvalue weighted by Crippen LogP contribution is 2.18. The molecule has 0 saturated heterocycles. The molecule has 4 heteroatoms. The first-order valence-corrected chi connectivity index (χ1v) is 6.07. The first-order chi connectivity index (χ1) is 8.75. The van der Waals surface area contributed by atoms with Crippen LogP contribution in [0.4, 0.5) is 0 Å². The number of ketones is 1. The molecule has 1 aromatic carbocycles. The van der Waals surface area contributed by atoms with E-state index in [1.165, 1.54) is 11.1 Å². The standard InChI is InChI=1S/C14H15N3O/c1-17-7-6-15-14(17)13(18)12-8-10-4-2-3-5-11(10)9-16-12/h2-7,12,16H,8-9H2,1H3. The van der Waals surface area contributed by atoms with Gasteiger partial charge in [0.25, 0.3) is 0 Å². The van der Waals surface area contributed by atoms with E-state index in [1.807, 2.05) is 19.2 Å². The summed E-state index contributed by atoms with van der Waals surface area (Å²) in [7, 11) is 1.84. The molecule has 4 nitrogen and oxygen atoms in total. The van der Waals surface area contributed by atoms with Crippen molar-refractivity contribution in [1.82, 2.24) is 14.9 Å². The zero-order valence-electron chi connectivity index (χ0n) is 10.3. The molecular weight excluding hydrogens is 226 g/mol. The van der Waals surface area contributed by atoms with Crippen LogP contribution in [0.1, 0.15) is 21.7 Å². The number of rotatable bonds is 2. The molecule has 0 fully saturated rings. The first kappa shape index (κ1) is 11.2. The van der Waals surface area contributed by atoms with E-state index in [0.717, 1.165) is 13.0 Å². The molecule has 1 aliphatic rings. The van der Waals surface area contributed by atoms with Crippen LogP contribution in [0.3, 0.4) is 0 Å². The summed E-state index contributed by atoms with van der Waals surface area (Å²) in [5.41, 5.74) is 2.53. The maximum atomic E-state index is 12.3. The predicted octanol–water partition coefficient (Wildman–Crippen LogP) is 1.32. The minimum absolute atomic E-state index is 0.0667. The Morgan fingerprint density at radius 3 is 2.89 bits per heavy atom. The lowest BCUT2D eigenvalue weighted by Gasteiger charge is -2.24. The van der Waals surface area contributed by atoms with E-state index in [2.05, 4.69) is 22.4 Å². The normalized spacial score (nSPS) is 18.4. The Kier molecular flexibility index (Phi) is 2.72. The SMILES string of the molecule is Cn1ccnc1C(=O)C1Cc2ccccc2CN1. The number of hydrogen-bond donors (Lipinski definition) is 1. The molecule has 92 valence electrons. The minimum atomic E-state index is -0.166. The van der Waals surface area contributed by atoms with Crippen LogP contribution in [-0.4, -0.2) is 21.4 Å². The van der Waals surface area contributed by atoms with Crippen molar-refractivity contribution in [3.63, 3.8) is 0 Å². The van der Waals surface area contributed by atoms with Gasteiger partial charge in [-0.2, -0.15) is 0 Å². The number of imidazole rings is 1. The number of nitrogens with one attached hydrogen (secondary N) is 1. The molecule has 0 amide bonds. The quantitative estimate of drug-likeness (QED) is 0.807. The van der Waals surface area contributed by atoms with Crippen molar-refractivity contribution in [2.45, 2.75) is 19.0 Å². The minimum Gasteiger partial charge on any atom is -0.332 e. The highest BCUT2D eigenvalue weighted by Gasteiger charge is 2.26. The Morgan fingerprint density at radius 1 is 1.39 bits per heavy atom. The smallest absolute Gasteiger partial charge is 0.215 e. The lowest BCUT2D eigenvalue weighted by atomic mass is 9.93. The number of aromatic nitrogens is 2. The van der Waals surface area contributed by atoms with Gasteiger partial charge in [0.15, 0.2) is 5.82 Å². The second-order valence-corrected chi connectivity index (χ2v) is 4.63. The molecule has 2 aromatic rings. The average molecular weight is 241 g/mol. The Labute approximate surface area is 106 Å². The third-order valence-electron chi connectivity index (χ3n) is 3.44. The molecule has 1 atom stereocenters. The molecule has 0 saturated carbocycles. The summed E-state index contributed by atoms with van der Waals surface area (Å²) < 4.78 is 1.77. The van der Waals surface area contributed by atoms with Crippen molar-refractivity contribution in [2.24, 2.45) is 7.05 Å². The topological polar surface area (TPSA) is 46.9 Å². The summed E-state index contributed by atoms with van der Waals surface area (Å²) in [6.07, 6.45) is 4.19. The number of carbonyl (C=O) groups excluding carboxylic acids is 1. The van der Waals surface area contributed by atoms with E-state index in [0.29, 0.717) is 5.82 Å². The third kappa shape index (κ3) is 1.84. The number of aryl methyl sites for hydroxylation is 1. The van der Waals surface area contributed by atoms with Gasteiger partial charge < -0.3 is 9.88 Å². The monoisotopic (exact) mass is 241 g/mol. The summed E-state index contributed by atoms with van der Waals surface area (Å²) in [5.74, 6) is 0.587. The van der Waals surface area contributed by atoms with E-state index in [4.69, 9.17) is 0 Å². The van der Waals surface area contributed by atoms with Crippen LogP contribution < -0.4 is 5.32 Å². The lowest BCUT2D eigenvalue weighted by Crippen LogP contribution is -2.42. The number of hydrogen-bond acceptors (Lipinski definition) is 3. The molecular formula is C14H15N3O. The van der Waals surface area contributed by atoms with Crippen molar-refractivity contribution in [3.05, 3.63) is 53.6 Å². The summed E-state index contributed by atoms with van der Waals surface area (Å²) in [4.78, 5) is 16.5. The highest BCUT2D eigenvalue weighted by atomic mass is 16.1. The third-order valence-corrected chi connectivity index (χ3v) is 3.44. The van der Waals surface area contributed by atoms with Gasteiger partial charge >= 0.3 is 0 Å². The maximum Gasteiger partial charge on any atom is 0.215 e. The van der Waals surface area contributed by atoms with Crippen LogP contribution in [0, 0.1) is 0 Å². The molecule has 0 radical (unpaired) electrons. The second kappa shape index (κ2) is 4.38. The van der Waals surface area contributed by atoms with Gasteiger partial charge in [-0.3, -0.25) is 4.79 Å². The van der Waals surface area contributed by atoms with Gasteiger partial charge in [-0.05, 0) is 17.5 Å². The number of benzene rings is 1. The number of carbonyl (C=O) groups is 1. The Hall–Kier alpha value is -1.94. The van der Waals surface area contributed by atoms with Gasteiger partial charge in [0, 0.05) is 26.0 Å². The van der Waals surface area contributed by atoms with Crippen molar-refractivity contribution >= 4 is 5.78 Å². The highest BCUT2D eigenvalue weighted by molar-refractivity contribution is 5.97. The number of Topliss-reactive ketones (excluding diaryl/α,β-unsaturated/α-hetero) is 1. The molecule has 0 aliphatic carbocycles. The molecule has 1 unspecified atom stereocenters. The van der Waals surface area contributed by atoms with Crippen molar-refractivity contribution in [3.8, 4) is 0 Å². The van der Waals surface area contributed by atoms with Gasteiger partial charge in [-0.1, -0.05) is 24.3 Å². The van der Waals surface area contributed by atoms with Gasteiger partial charge in [0.05, 0.1) is 6.04 Å². The van der Waals surface area contributed by atoms with Crippen molar-refractivity contribution in [1.29, 1.82) is 0 Å². The Morgan fingerprint density at radius 2 is 2.17 bits per heavy atom. The van der Waals surface area contributed by atoms with E-state index in [9.17, 15) is 4.79 Å². The van der Waals surface area contributed by atoms with Crippen molar-refractivity contribution in [2.75, 3.05) is 0 Å². The van der Waals surface area contributed by atoms with E-state index >= 15 is 0 Å². The van der Waals surface area contributed by atoms with E-state index < -0.39 is 0 Å². The van der Waals surface area contributed by atoms with E-state index in [-0.39, 0.29) is 11.8 Å². The molecule has 0 spiro atoms. The van der Waals surface area contributed by atoms with Gasteiger partial charge in [0.2, 0.25) is 5.78 Å². The van der Waals surface area contributed by atoms with E-state index in [1.54, 1.807) is 17.0 Å². The number of fused-ring (bicyclic) bond motifs is 1. The largest absolute Gasteiger partial charge is 0.332 e. The molecule has 1 aromatic heterocycles. The lowest BCUT2D eigenvalue weighted by molar-refractivity contribution is 0.0924. The average Bonchev–Trinajstić information content (AvgIpc) is 2.83. The fourth-order valence-electron chi connectivity index (χ4n) is 2.40. The second-order valence-electron chi connectivity index (χ2n) is 4.63. The Balaban J connectivity index is 1.84. The molecule has 0 bridgehead atoms. The number of nitrogens with zero attached hydrogens (tertiary/aromatic N) is 2. The van der Waals surface area contributed by atoms with Gasteiger partial charge in [-0.15, -0.1) is 0 Å². The molecule has 1 N–H and O–H groups in total. The summed E-state index contributed by atoms with van der Waals surface area (Å²) in [5, 5.41) is 3.29. The van der Waals surface area contributed by atoms with Crippen LogP contribution in [0.25, 0.3) is 0 Å². The van der Waals surface area contributed by atoms with Crippen LogP contribution in [0.15, 0.2) is 36.7 Å². The molecule has 2 heterocycles. The van der Waals surface area contributed by atoms with Gasteiger partial charge in [0.1, 0.15) is 0 Å². The summed E-state index contributed by atoms with van der Waals surface area (Å²) in [6, 6.07) is 8.08. The van der Waals surface area contributed by atoms with Crippen LogP contribution in [0.5, 0.6) is 0 Å². The zero-order valence-corrected chi connectivity index (χ0v) is 10.3. The predicted molar refractivity (Wildman–Crippen MR) is 68.3 cm³/mol. The molecule has 3 rings (SSSR count). The zero-order chi connectivity index (χ0) is 12.5. The summed E-state index contributed by atoms with van der Waals surface area (Å²) >= 11 is 0. The fourth-order valence-corrected chi connectivity index (χ4v) is 2.40. The summed E-state index contributed by atoms with van der Waals surface area (Å²) in [6.45, 7) is 0.747. The first-order valence-electron chi connectivity index (χ1n) is 6.07. The Bertz CT molecular complexity index is 588.